The van der Waals surface area contributed by atoms with Gasteiger partial charge in [0.05, 0.1) is 11.9 Å². The van der Waals surface area contributed by atoms with Crippen molar-refractivity contribution < 1.29 is 4.42 Å². The molecule has 0 aliphatic rings. The van der Waals surface area contributed by atoms with Gasteiger partial charge < -0.3 is 4.42 Å². The Morgan fingerprint density at radius 2 is 1.88 bits per heavy atom. The molecule has 32 heavy (non-hydrogen) atoms. The molecule has 0 aliphatic heterocycles. The molecule has 8 nitrogen and oxygen atoms in total. The zero-order chi connectivity index (χ0) is 22.8. The van der Waals surface area contributed by atoms with E-state index >= 15 is 0 Å². The quantitative estimate of drug-likeness (QED) is 0.310. The Morgan fingerprint density at radius 3 is 2.56 bits per heavy atom. The molecule has 0 saturated carbocycles. The summed E-state index contributed by atoms with van der Waals surface area (Å²) in [6.07, 6.45) is 2.44. The maximum absolute atomic E-state index is 13.0. The summed E-state index contributed by atoms with van der Waals surface area (Å²) in [5.74, 6) is 2.25. The Balaban J connectivity index is 1.77. The first kappa shape index (κ1) is 22.0. The summed E-state index contributed by atoms with van der Waals surface area (Å²) in [5.41, 5.74) is 0.572. The predicted molar refractivity (Wildman–Crippen MR) is 125 cm³/mol. The van der Waals surface area contributed by atoms with E-state index in [-0.39, 0.29) is 11.6 Å². The Morgan fingerprint density at radius 1 is 1.12 bits per heavy atom. The third-order valence-electron chi connectivity index (χ3n) is 5.07. The van der Waals surface area contributed by atoms with Crippen molar-refractivity contribution in [2.24, 2.45) is 7.05 Å². The summed E-state index contributed by atoms with van der Waals surface area (Å²) in [7, 11) is 1.49. The van der Waals surface area contributed by atoms with Crippen LogP contribution in [0.3, 0.4) is 0 Å². The van der Waals surface area contributed by atoms with Crippen molar-refractivity contribution in [1.82, 2.24) is 24.1 Å². The van der Waals surface area contributed by atoms with Gasteiger partial charge in [0.2, 0.25) is 5.89 Å². The third-order valence-corrected chi connectivity index (χ3v) is 6.03. The van der Waals surface area contributed by atoms with Crippen LogP contribution in [0, 0.1) is 0 Å². The smallest absolute Gasteiger partial charge is 0.332 e. The maximum atomic E-state index is 13.0. The van der Waals surface area contributed by atoms with E-state index in [0.717, 1.165) is 16.6 Å². The minimum Gasteiger partial charge on any atom is -0.440 e. The summed E-state index contributed by atoms with van der Waals surface area (Å²) in [6, 6.07) is 9.75. The van der Waals surface area contributed by atoms with Crippen LogP contribution in [0.5, 0.6) is 0 Å². The topological polar surface area (TPSA) is 95.8 Å². The molecule has 0 fully saturated rings. The number of aryl methyl sites for hydroxylation is 1. The lowest BCUT2D eigenvalue weighted by Gasteiger charge is -2.14. The highest BCUT2D eigenvalue weighted by atomic mass is 32.2. The van der Waals surface area contributed by atoms with E-state index in [1.807, 2.05) is 51.1 Å². The molecule has 0 N–H and O–H groups in total. The van der Waals surface area contributed by atoms with Crippen molar-refractivity contribution in [3.8, 4) is 11.3 Å². The maximum Gasteiger partial charge on any atom is 0.332 e. The van der Waals surface area contributed by atoms with Gasteiger partial charge in [0.25, 0.3) is 5.56 Å². The van der Waals surface area contributed by atoms with Gasteiger partial charge in [-0.25, -0.2) is 19.7 Å². The van der Waals surface area contributed by atoms with Gasteiger partial charge in [-0.15, -0.1) is 0 Å². The van der Waals surface area contributed by atoms with Crippen molar-refractivity contribution >= 4 is 22.8 Å². The lowest BCUT2D eigenvalue weighted by molar-refractivity contribution is 0.530. The van der Waals surface area contributed by atoms with Gasteiger partial charge in [-0.05, 0) is 6.42 Å². The Hall–Kier alpha value is -3.20. The second-order valence-electron chi connectivity index (χ2n) is 7.81. The molecule has 4 aromatic rings. The molecule has 0 atom stereocenters. The van der Waals surface area contributed by atoms with Gasteiger partial charge in [0, 0.05) is 25.1 Å². The fraction of sp³-hybridized carbons (Fsp3) is 0.348. The molecule has 0 aliphatic carbocycles. The molecule has 0 radical (unpaired) electrons. The largest absolute Gasteiger partial charge is 0.440 e. The number of nitrogens with zero attached hydrogens (tertiary/aromatic N) is 5. The second kappa shape index (κ2) is 9.12. The summed E-state index contributed by atoms with van der Waals surface area (Å²) in [4.78, 5) is 39.4. The molecular weight excluding hydrogens is 426 g/mol. The molecule has 0 spiro atoms. The van der Waals surface area contributed by atoms with E-state index in [1.165, 1.54) is 18.8 Å². The fourth-order valence-electron chi connectivity index (χ4n) is 3.38. The second-order valence-corrected chi connectivity index (χ2v) is 8.78. The third kappa shape index (κ3) is 4.12. The highest BCUT2D eigenvalue weighted by Gasteiger charge is 2.20. The molecule has 3 aromatic heterocycles. The van der Waals surface area contributed by atoms with E-state index in [0.29, 0.717) is 45.8 Å². The van der Waals surface area contributed by atoms with Gasteiger partial charge in [-0.1, -0.05) is 62.9 Å². The van der Waals surface area contributed by atoms with Crippen molar-refractivity contribution in [1.29, 1.82) is 0 Å². The number of fused-ring (bicyclic) bond motifs is 1. The minimum atomic E-state index is -0.396. The van der Waals surface area contributed by atoms with E-state index in [1.54, 1.807) is 10.8 Å². The summed E-state index contributed by atoms with van der Waals surface area (Å²) in [5, 5.41) is 0.883. The number of hydrogen-bond donors (Lipinski definition) is 0. The summed E-state index contributed by atoms with van der Waals surface area (Å²) < 4.78 is 8.59. The lowest BCUT2D eigenvalue weighted by Crippen LogP contribution is -2.39. The Bertz CT molecular complexity index is 1370. The molecule has 3 heterocycles. The van der Waals surface area contributed by atoms with Gasteiger partial charge in [0.1, 0.15) is 16.2 Å². The molecule has 0 amide bonds. The predicted octanol–water partition coefficient (Wildman–Crippen LogP) is 3.97. The van der Waals surface area contributed by atoms with Crippen molar-refractivity contribution in [2.75, 3.05) is 0 Å². The van der Waals surface area contributed by atoms with Crippen LogP contribution in [0.1, 0.15) is 44.8 Å². The van der Waals surface area contributed by atoms with Gasteiger partial charge in [-0.2, -0.15) is 0 Å². The molecule has 0 saturated heterocycles. The van der Waals surface area contributed by atoms with Crippen LogP contribution in [0.4, 0.5) is 0 Å². The Labute approximate surface area is 189 Å². The number of oxazole rings is 1. The fourth-order valence-corrected chi connectivity index (χ4v) is 4.26. The Kier molecular flexibility index (Phi) is 6.27. The van der Waals surface area contributed by atoms with Crippen LogP contribution in [0.15, 0.2) is 55.6 Å². The molecule has 1 aromatic carbocycles. The van der Waals surface area contributed by atoms with E-state index < -0.39 is 5.56 Å². The lowest BCUT2D eigenvalue weighted by atomic mass is 10.2. The van der Waals surface area contributed by atoms with Gasteiger partial charge >= 0.3 is 5.69 Å². The number of aromatic nitrogens is 5. The summed E-state index contributed by atoms with van der Waals surface area (Å²) in [6.45, 7) is 6.43. The first-order valence-corrected chi connectivity index (χ1v) is 11.5. The van der Waals surface area contributed by atoms with Crippen LogP contribution in [-0.4, -0.2) is 24.1 Å². The molecule has 166 valence electrons. The average Bonchev–Trinajstić information content (AvgIpc) is 3.28. The number of benzene rings is 1. The number of thioether (sulfide) groups is 1. The monoisotopic (exact) mass is 451 g/mol. The van der Waals surface area contributed by atoms with Gasteiger partial charge in [-0.3, -0.25) is 13.9 Å². The van der Waals surface area contributed by atoms with Gasteiger partial charge in [0.15, 0.2) is 11.4 Å². The average molecular weight is 452 g/mol. The normalized spacial score (nSPS) is 11.5. The highest BCUT2D eigenvalue weighted by molar-refractivity contribution is 7.98. The van der Waals surface area contributed by atoms with Crippen LogP contribution in [0.2, 0.25) is 0 Å². The molecule has 9 heteroatoms. The molecule has 4 rings (SSSR count). The summed E-state index contributed by atoms with van der Waals surface area (Å²) >= 11 is 1.36. The first-order valence-electron chi connectivity index (χ1n) is 10.5. The van der Waals surface area contributed by atoms with Crippen LogP contribution in [0.25, 0.3) is 22.4 Å². The van der Waals surface area contributed by atoms with E-state index in [2.05, 4.69) is 15.0 Å². The number of hydrogen-bond acceptors (Lipinski definition) is 7. The SMILES string of the molecule is CCCn1c(=O)n(C)c(=O)c2c(SCc3ncc(-c4ccccc4)o3)nc(C(C)C)nc21. The first-order chi connectivity index (χ1) is 15.4. The van der Waals surface area contributed by atoms with E-state index in [4.69, 9.17) is 4.42 Å². The van der Waals surface area contributed by atoms with Crippen LogP contribution in [-0.2, 0) is 19.3 Å². The van der Waals surface area contributed by atoms with Crippen molar-refractivity contribution in [2.45, 2.75) is 50.4 Å². The zero-order valence-corrected chi connectivity index (χ0v) is 19.3. The van der Waals surface area contributed by atoms with Crippen LogP contribution < -0.4 is 11.2 Å². The molecule has 0 bridgehead atoms. The van der Waals surface area contributed by atoms with E-state index in [9.17, 15) is 9.59 Å². The standard InChI is InChI=1S/C23H25N5O3S/c1-5-11-28-20-18(22(29)27(4)23(28)30)21(26-19(25-20)14(2)3)32-13-17-24-12-16(31-17)15-9-7-6-8-10-15/h6-10,12,14H,5,11,13H2,1-4H3. The molecular formula is C23H25N5O3S. The highest BCUT2D eigenvalue weighted by Crippen LogP contribution is 2.29. The molecule has 0 unspecified atom stereocenters. The number of rotatable bonds is 7. The van der Waals surface area contributed by atoms with Crippen molar-refractivity contribution in [3.05, 3.63) is 69.1 Å². The van der Waals surface area contributed by atoms with Crippen molar-refractivity contribution in [3.63, 3.8) is 0 Å². The minimum absolute atomic E-state index is 0.0411. The van der Waals surface area contributed by atoms with Crippen LogP contribution >= 0.6 is 11.8 Å². The zero-order valence-electron chi connectivity index (χ0n) is 18.5.